The van der Waals surface area contributed by atoms with Gasteiger partial charge in [0, 0.05) is 18.4 Å². The minimum absolute atomic E-state index is 0.111. The van der Waals surface area contributed by atoms with Gasteiger partial charge in [0.05, 0.1) is 13.3 Å². The molecule has 0 saturated carbocycles. The van der Waals surface area contributed by atoms with Crippen molar-refractivity contribution in [3.8, 4) is 17.1 Å². The minimum atomic E-state index is -0.911. The van der Waals surface area contributed by atoms with Gasteiger partial charge in [0.15, 0.2) is 11.7 Å². The topological polar surface area (TPSA) is 107 Å². The summed E-state index contributed by atoms with van der Waals surface area (Å²) in [4.78, 5) is 28.8. The summed E-state index contributed by atoms with van der Waals surface area (Å²) in [5, 5.41) is 4.73. The molecule has 0 saturated heterocycles. The molecule has 0 aliphatic rings. The third-order valence-corrected chi connectivity index (χ3v) is 5.19. The Kier molecular flexibility index (Phi) is 6.17. The van der Waals surface area contributed by atoms with Crippen LogP contribution in [0.25, 0.3) is 22.1 Å². The summed E-state index contributed by atoms with van der Waals surface area (Å²) in [6.07, 6.45) is 2.03. The number of aryl methyl sites for hydroxylation is 1. The fourth-order valence-corrected chi connectivity index (χ4v) is 3.47. The van der Waals surface area contributed by atoms with Crippen molar-refractivity contribution in [1.29, 1.82) is 0 Å². The van der Waals surface area contributed by atoms with Gasteiger partial charge in [-0.25, -0.2) is 4.98 Å². The van der Waals surface area contributed by atoms with Crippen LogP contribution in [0.2, 0.25) is 0 Å². The number of benzene rings is 3. The lowest BCUT2D eigenvalue weighted by Crippen LogP contribution is -2.37. The maximum atomic E-state index is 12.5. The number of aromatic nitrogens is 1. The highest BCUT2D eigenvalue weighted by Crippen LogP contribution is 2.24. The maximum absolute atomic E-state index is 12.5. The summed E-state index contributed by atoms with van der Waals surface area (Å²) in [5.74, 6) is 0.861. The molecule has 3 N–H and O–H groups in total. The van der Waals surface area contributed by atoms with Gasteiger partial charge in [-0.05, 0) is 46.7 Å². The Bertz CT molecular complexity index is 1250. The highest BCUT2D eigenvalue weighted by atomic mass is 16.5. The van der Waals surface area contributed by atoms with Gasteiger partial charge in [0.2, 0.25) is 11.8 Å². The number of fused-ring (bicyclic) bond motifs is 1. The van der Waals surface area contributed by atoms with Crippen molar-refractivity contribution in [3.63, 3.8) is 0 Å². The zero-order valence-corrected chi connectivity index (χ0v) is 17.6. The van der Waals surface area contributed by atoms with E-state index in [9.17, 15) is 9.59 Å². The molecule has 1 aromatic heterocycles. The lowest BCUT2D eigenvalue weighted by Gasteiger charge is -2.16. The molecule has 4 rings (SSSR count). The Labute approximate surface area is 185 Å². The van der Waals surface area contributed by atoms with E-state index in [4.69, 9.17) is 14.9 Å². The van der Waals surface area contributed by atoms with Crippen molar-refractivity contribution in [2.24, 2.45) is 5.73 Å². The van der Waals surface area contributed by atoms with E-state index in [1.54, 1.807) is 19.4 Å². The monoisotopic (exact) mass is 429 g/mol. The van der Waals surface area contributed by atoms with Crippen LogP contribution in [0.15, 0.2) is 77.3 Å². The van der Waals surface area contributed by atoms with Crippen molar-refractivity contribution in [2.75, 3.05) is 7.11 Å². The molecule has 0 spiro atoms. The fraction of sp³-hybridized carbons (Fsp3) is 0.160. The molecule has 7 heteroatoms. The second kappa shape index (κ2) is 9.34. The fourth-order valence-electron chi connectivity index (χ4n) is 3.47. The van der Waals surface area contributed by atoms with Gasteiger partial charge >= 0.3 is 0 Å². The van der Waals surface area contributed by atoms with Crippen LogP contribution in [0.1, 0.15) is 23.9 Å². The Balaban J connectivity index is 1.39. The van der Waals surface area contributed by atoms with E-state index in [0.717, 1.165) is 22.1 Å². The second-order valence-electron chi connectivity index (χ2n) is 7.36. The molecule has 1 heterocycles. The highest BCUT2D eigenvalue weighted by molar-refractivity contribution is 5.90. The molecule has 0 radical (unpaired) electrons. The van der Waals surface area contributed by atoms with Crippen LogP contribution in [0.3, 0.4) is 0 Å². The maximum Gasteiger partial charge on any atom is 0.244 e. The zero-order valence-electron chi connectivity index (χ0n) is 17.6. The SMILES string of the molecule is COc1ccc(-c2cnc(CCC(=O)NC(C(N)=O)c3ccc4ccccc4c3)o2)cc1. The molecule has 3 aromatic carbocycles. The van der Waals surface area contributed by atoms with E-state index in [-0.39, 0.29) is 12.3 Å². The molecule has 4 aromatic rings. The van der Waals surface area contributed by atoms with Crippen LogP contribution in [-0.2, 0) is 16.0 Å². The number of carbonyl (C=O) groups excluding carboxylic acids is 2. The first-order valence-corrected chi connectivity index (χ1v) is 10.2. The number of nitrogens with zero attached hydrogens (tertiary/aromatic N) is 1. The van der Waals surface area contributed by atoms with E-state index in [1.165, 1.54) is 0 Å². The van der Waals surface area contributed by atoms with Crippen LogP contribution in [0.4, 0.5) is 0 Å². The lowest BCUT2D eigenvalue weighted by molar-refractivity contribution is -0.127. The van der Waals surface area contributed by atoms with Gasteiger partial charge in [-0.15, -0.1) is 0 Å². The zero-order chi connectivity index (χ0) is 22.5. The average Bonchev–Trinajstić information content (AvgIpc) is 3.30. The number of nitrogens with one attached hydrogen (secondary N) is 1. The summed E-state index contributed by atoms with van der Waals surface area (Å²) in [6, 6.07) is 19.9. The van der Waals surface area contributed by atoms with Crippen molar-refractivity contribution in [3.05, 3.63) is 84.4 Å². The van der Waals surface area contributed by atoms with Crippen LogP contribution in [-0.4, -0.2) is 23.9 Å². The number of amides is 2. The molecule has 0 aliphatic heterocycles. The number of nitrogens with two attached hydrogens (primary N) is 1. The Hall–Kier alpha value is -4.13. The molecule has 0 aliphatic carbocycles. The number of methoxy groups -OCH3 is 1. The molecular weight excluding hydrogens is 406 g/mol. The smallest absolute Gasteiger partial charge is 0.244 e. The molecule has 162 valence electrons. The third-order valence-electron chi connectivity index (χ3n) is 5.19. The number of hydrogen-bond acceptors (Lipinski definition) is 5. The molecule has 2 amide bonds. The Morgan fingerprint density at radius 1 is 1.06 bits per heavy atom. The van der Waals surface area contributed by atoms with Crippen molar-refractivity contribution in [2.45, 2.75) is 18.9 Å². The van der Waals surface area contributed by atoms with Crippen molar-refractivity contribution >= 4 is 22.6 Å². The van der Waals surface area contributed by atoms with Gasteiger partial charge in [0.25, 0.3) is 0 Å². The summed E-state index contributed by atoms with van der Waals surface area (Å²) in [6.45, 7) is 0. The number of carbonyl (C=O) groups is 2. The van der Waals surface area contributed by atoms with Crippen LogP contribution >= 0.6 is 0 Å². The summed E-state index contributed by atoms with van der Waals surface area (Å²) in [5.41, 5.74) is 7.06. The molecule has 1 atom stereocenters. The first-order valence-electron chi connectivity index (χ1n) is 10.2. The minimum Gasteiger partial charge on any atom is -0.497 e. The largest absolute Gasteiger partial charge is 0.497 e. The van der Waals surface area contributed by atoms with Gasteiger partial charge in [-0.1, -0.05) is 36.4 Å². The van der Waals surface area contributed by atoms with Crippen molar-refractivity contribution in [1.82, 2.24) is 10.3 Å². The average molecular weight is 429 g/mol. The molecule has 1 unspecified atom stereocenters. The van der Waals surface area contributed by atoms with Gasteiger partial charge < -0.3 is 20.2 Å². The number of primary amides is 1. The standard InChI is InChI=1S/C25H23N3O4/c1-31-20-10-8-17(9-11-20)21-15-27-23(32-21)13-12-22(29)28-24(25(26)30)19-7-6-16-4-2-3-5-18(16)14-19/h2-11,14-15,24H,12-13H2,1H3,(H2,26,30)(H,28,29). The number of oxazole rings is 1. The van der Waals surface area contributed by atoms with E-state index in [2.05, 4.69) is 10.3 Å². The van der Waals surface area contributed by atoms with E-state index in [1.807, 2.05) is 60.7 Å². The second-order valence-corrected chi connectivity index (χ2v) is 7.36. The number of hydrogen-bond donors (Lipinski definition) is 2. The molecule has 0 fully saturated rings. The van der Waals surface area contributed by atoms with E-state index >= 15 is 0 Å². The molecule has 32 heavy (non-hydrogen) atoms. The third kappa shape index (κ3) is 4.78. The van der Waals surface area contributed by atoms with E-state index in [0.29, 0.717) is 23.6 Å². The summed E-state index contributed by atoms with van der Waals surface area (Å²) < 4.78 is 10.9. The molecule has 0 bridgehead atoms. The number of rotatable bonds is 8. The summed E-state index contributed by atoms with van der Waals surface area (Å²) in [7, 11) is 1.61. The van der Waals surface area contributed by atoms with E-state index < -0.39 is 11.9 Å². The first kappa shape index (κ1) is 21.1. The summed E-state index contributed by atoms with van der Waals surface area (Å²) >= 11 is 0. The Morgan fingerprint density at radius 3 is 2.53 bits per heavy atom. The molecular formula is C25H23N3O4. The first-order chi connectivity index (χ1) is 15.5. The van der Waals surface area contributed by atoms with Crippen LogP contribution in [0.5, 0.6) is 5.75 Å². The van der Waals surface area contributed by atoms with Gasteiger partial charge in [0.1, 0.15) is 11.8 Å². The van der Waals surface area contributed by atoms with Crippen LogP contribution < -0.4 is 15.8 Å². The number of ether oxygens (including phenoxy) is 1. The predicted molar refractivity (Wildman–Crippen MR) is 121 cm³/mol. The Morgan fingerprint density at radius 2 is 1.81 bits per heavy atom. The highest BCUT2D eigenvalue weighted by Gasteiger charge is 2.21. The molecule has 7 nitrogen and oxygen atoms in total. The van der Waals surface area contributed by atoms with Crippen LogP contribution in [0, 0.1) is 0 Å². The normalized spacial score (nSPS) is 11.8. The van der Waals surface area contributed by atoms with Crippen molar-refractivity contribution < 1.29 is 18.7 Å². The quantitative estimate of drug-likeness (QED) is 0.443. The predicted octanol–water partition coefficient (Wildman–Crippen LogP) is 3.78. The lowest BCUT2D eigenvalue weighted by atomic mass is 10.0. The van der Waals surface area contributed by atoms with Gasteiger partial charge in [-0.2, -0.15) is 0 Å². The van der Waals surface area contributed by atoms with Gasteiger partial charge in [-0.3, -0.25) is 9.59 Å².